The van der Waals surface area contributed by atoms with Gasteiger partial charge in [0.05, 0.1) is 16.3 Å². The number of nitrogens with zero attached hydrogens (tertiary/aromatic N) is 2. The van der Waals surface area contributed by atoms with Gasteiger partial charge in [-0.1, -0.05) is 18.2 Å². The van der Waals surface area contributed by atoms with Crippen molar-refractivity contribution in [1.82, 2.24) is 4.57 Å². The molecule has 0 bridgehead atoms. The molecule has 0 saturated heterocycles. The molecule has 128 valence electrons. The lowest BCUT2D eigenvalue weighted by atomic mass is 10.1. The van der Waals surface area contributed by atoms with Gasteiger partial charge in [-0.2, -0.15) is 0 Å². The third-order valence-corrected chi connectivity index (χ3v) is 5.50. The number of allylic oxidation sites excluding steroid dienone is 1. The van der Waals surface area contributed by atoms with E-state index in [2.05, 4.69) is 4.99 Å². The number of carbonyl (C=O) groups excluding carboxylic acids is 1. The molecule has 0 spiro atoms. The Balaban J connectivity index is 1.77. The first-order valence-electron chi connectivity index (χ1n) is 7.96. The average molecular weight is 378 g/mol. The van der Waals surface area contributed by atoms with Gasteiger partial charge in [-0.3, -0.25) is 14.4 Å². The second kappa shape index (κ2) is 6.48. The van der Waals surface area contributed by atoms with E-state index in [4.69, 9.17) is 12.2 Å². The highest BCUT2D eigenvalue weighted by Gasteiger charge is 2.16. The number of carbonyl (C=O) groups is 1. The molecule has 4 nitrogen and oxygen atoms in total. The quantitative estimate of drug-likeness (QED) is 0.488. The summed E-state index contributed by atoms with van der Waals surface area (Å²) in [4.78, 5) is 16.5. The number of fused-ring (bicyclic) bond motifs is 1. The van der Waals surface area contributed by atoms with Gasteiger partial charge >= 0.3 is 0 Å². The molecule has 4 rings (SSSR count). The summed E-state index contributed by atoms with van der Waals surface area (Å²) in [7, 11) is 0. The number of aromatic hydroxyl groups is 1. The molecule has 0 atom stereocenters. The highest BCUT2D eigenvalue weighted by atomic mass is 32.1. The summed E-state index contributed by atoms with van der Waals surface area (Å²) in [6.07, 6.45) is 3.68. The van der Waals surface area contributed by atoms with Crippen LogP contribution in [-0.2, 0) is 0 Å². The second-order valence-electron chi connectivity index (χ2n) is 5.87. The van der Waals surface area contributed by atoms with Crippen LogP contribution in [0.15, 0.2) is 53.5 Å². The summed E-state index contributed by atoms with van der Waals surface area (Å²) >= 11 is 6.77. The molecule has 1 aliphatic heterocycles. The Morgan fingerprint density at radius 2 is 1.92 bits per heavy atom. The normalized spacial score (nSPS) is 14.0. The number of ketones is 1. The number of Topliss-reactive ketones (excluding diaryl/α,β-unsaturated/α-hetero) is 1. The number of aromatic nitrogens is 1. The van der Waals surface area contributed by atoms with Crippen LogP contribution in [-0.4, -0.2) is 21.7 Å². The molecule has 0 fully saturated rings. The van der Waals surface area contributed by atoms with E-state index in [1.165, 1.54) is 18.3 Å². The zero-order valence-corrected chi connectivity index (χ0v) is 15.5. The van der Waals surface area contributed by atoms with Crippen molar-refractivity contribution in [3.05, 3.63) is 68.5 Å². The van der Waals surface area contributed by atoms with Crippen LogP contribution in [0.2, 0.25) is 0 Å². The number of benzene rings is 2. The van der Waals surface area contributed by atoms with Crippen LogP contribution in [0.5, 0.6) is 5.88 Å². The van der Waals surface area contributed by atoms with Crippen molar-refractivity contribution in [2.75, 3.05) is 0 Å². The van der Waals surface area contributed by atoms with E-state index in [-0.39, 0.29) is 11.7 Å². The minimum Gasteiger partial charge on any atom is -0.493 e. The molecular weight excluding hydrogens is 364 g/mol. The van der Waals surface area contributed by atoms with Gasteiger partial charge < -0.3 is 5.11 Å². The number of hydrogen-bond donors (Lipinski definition) is 1. The van der Waals surface area contributed by atoms with Crippen LogP contribution in [0.1, 0.15) is 27.7 Å². The minimum atomic E-state index is -0.000652. The van der Waals surface area contributed by atoms with Crippen molar-refractivity contribution in [2.45, 2.75) is 6.92 Å². The van der Waals surface area contributed by atoms with Gasteiger partial charge in [0.25, 0.3) is 0 Å². The lowest BCUT2D eigenvalue weighted by Crippen LogP contribution is -1.96. The zero-order chi connectivity index (χ0) is 18.3. The molecule has 26 heavy (non-hydrogen) atoms. The van der Waals surface area contributed by atoms with Gasteiger partial charge in [0.2, 0.25) is 5.88 Å². The molecule has 1 N–H and O–H groups in total. The van der Waals surface area contributed by atoms with E-state index in [0.717, 1.165) is 22.5 Å². The van der Waals surface area contributed by atoms with Crippen LogP contribution < -0.4 is 0 Å². The van der Waals surface area contributed by atoms with Crippen LogP contribution in [0.3, 0.4) is 0 Å². The second-order valence-corrected chi connectivity index (χ2v) is 7.55. The lowest BCUT2D eigenvalue weighted by Gasteiger charge is -2.05. The Morgan fingerprint density at radius 3 is 2.65 bits per heavy atom. The van der Waals surface area contributed by atoms with Gasteiger partial charge in [-0.15, -0.1) is 11.3 Å². The Hall–Kier alpha value is -2.83. The third-order valence-electron chi connectivity index (χ3n) is 4.19. The van der Waals surface area contributed by atoms with Gasteiger partial charge in [-0.05, 0) is 55.5 Å². The first kappa shape index (κ1) is 16.6. The predicted octanol–water partition coefficient (Wildman–Crippen LogP) is 5.43. The molecule has 2 aromatic carbocycles. The monoisotopic (exact) mass is 378 g/mol. The molecule has 0 unspecified atom stereocenters. The maximum absolute atomic E-state index is 11.4. The van der Waals surface area contributed by atoms with Crippen molar-refractivity contribution in [3.63, 3.8) is 0 Å². The smallest absolute Gasteiger partial charge is 0.215 e. The fraction of sp³-hybridized carbons (Fsp3) is 0.0500. The summed E-state index contributed by atoms with van der Waals surface area (Å²) in [5.74, 6) is 0.0835. The Bertz CT molecular complexity index is 1140. The van der Waals surface area contributed by atoms with E-state index in [0.29, 0.717) is 14.4 Å². The van der Waals surface area contributed by atoms with E-state index >= 15 is 0 Å². The zero-order valence-electron chi connectivity index (χ0n) is 13.8. The molecule has 0 amide bonds. The number of hydrogen-bond acceptors (Lipinski definition) is 5. The van der Waals surface area contributed by atoms with E-state index in [1.54, 1.807) is 35.0 Å². The number of rotatable bonds is 3. The van der Waals surface area contributed by atoms with Gasteiger partial charge in [0.1, 0.15) is 0 Å². The molecule has 0 aliphatic carbocycles. The highest BCUT2D eigenvalue weighted by molar-refractivity contribution is 7.73. The van der Waals surface area contributed by atoms with E-state index < -0.39 is 0 Å². The highest BCUT2D eigenvalue weighted by Crippen LogP contribution is 2.36. The summed E-state index contributed by atoms with van der Waals surface area (Å²) in [6, 6.07) is 14.9. The van der Waals surface area contributed by atoms with E-state index in [1.807, 2.05) is 30.3 Å². The maximum atomic E-state index is 11.4. The van der Waals surface area contributed by atoms with Crippen molar-refractivity contribution < 1.29 is 9.90 Å². The molecule has 0 saturated carbocycles. The number of thiazole rings is 1. The third kappa shape index (κ3) is 2.83. The standard InChI is InChI=1S/C20H14N2O2S2/c1-12(23)13-6-8-15(9-7-13)22-19(24)18(26-20(22)25)10-14-11-21-17-5-3-2-4-16(14)17/h2-11,24H,1H3/b14-10-. The Labute approximate surface area is 159 Å². The SMILES string of the molecule is CC(=O)c1ccc(-n2c(O)c(/C=C3/C=Nc4ccccc43)sc2=S)cc1. The molecular formula is C20H14N2O2S2. The van der Waals surface area contributed by atoms with Gasteiger partial charge in [-0.25, -0.2) is 0 Å². The summed E-state index contributed by atoms with van der Waals surface area (Å²) < 4.78 is 2.14. The van der Waals surface area contributed by atoms with Crippen molar-refractivity contribution in [1.29, 1.82) is 0 Å². The van der Waals surface area contributed by atoms with Crippen molar-refractivity contribution in [3.8, 4) is 11.6 Å². The fourth-order valence-electron chi connectivity index (χ4n) is 2.84. The van der Waals surface area contributed by atoms with Crippen LogP contribution >= 0.6 is 23.6 Å². The van der Waals surface area contributed by atoms with Gasteiger partial charge in [0.15, 0.2) is 9.74 Å². The van der Waals surface area contributed by atoms with Gasteiger partial charge in [0, 0.05) is 22.9 Å². The van der Waals surface area contributed by atoms with Crippen LogP contribution in [0.25, 0.3) is 17.3 Å². The molecule has 1 aromatic heterocycles. The summed E-state index contributed by atoms with van der Waals surface area (Å²) in [6.45, 7) is 1.52. The topological polar surface area (TPSA) is 54.6 Å². The Morgan fingerprint density at radius 1 is 1.19 bits per heavy atom. The first-order valence-corrected chi connectivity index (χ1v) is 9.18. The molecule has 1 aliphatic rings. The van der Waals surface area contributed by atoms with E-state index in [9.17, 15) is 9.90 Å². The fourth-order valence-corrected chi connectivity index (χ4v) is 4.15. The molecule has 6 heteroatoms. The van der Waals surface area contributed by atoms with Crippen molar-refractivity contribution >= 4 is 52.9 Å². The average Bonchev–Trinajstić information content (AvgIpc) is 3.16. The number of aliphatic imine (C=N–C) groups is 1. The predicted molar refractivity (Wildman–Crippen MR) is 109 cm³/mol. The minimum absolute atomic E-state index is 0.000652. The summed E-state index contributed by atoms with van der Waals surface area (Å²) in [5.41, 5.74) is 4.23. The summed E-state index contributed by atoms with van der Waals surface area (Å²) in [5, 5.41) is 10.7. The Kier molecular flexibility index (Phi) is 4.14. The largest absolute Gasteiger partial charge is 0.493 e. The first-order chi connectivity index (χ1) is 12.5. The molecule has 0 radical (unpaired) electrons. The lowest BCUT2D eigenvalue weighted by molar-refractivity contribution is 0.101. The maximum Gasteiger partial charge on any atom is 0.215 e. The van der Waals surface area contributed by atoms with Crippen LogP contribution in [0.4, 0.5) is 5.69 Å². The van der Waals surface area contributed by atoms with Crippen LogP contribution in [0, 0.1) is 3.95 Å². The van der Waals surface area contributed by atoms with Crippen molar-refractivity contribution in [2.24, 2.45) is 4.99 Å². The molecule has 3 aromatic rings. The number of para-hydroxylation sites is 1. The molecule has 2 heterocycles.